The lowest BCUT2D eigenvalue weighted by molar-refractivity contribution is -0.0877. The minimum atomic E-state index is -0.221. The van der Waals surface area contributed by atoms with Crippen molar-refractivity contribution >= 4 is 0 Å². The molecule has 0 spiro atoms. The van der Waals surface area contributed by atoms with Crippen LogP contribution in [0.4, 0.5) is 0 Å². The van der Waals surface area contributed by atoms with Gasteiger partial charge in [0, 0.05) is 19.1 Å². The molecule has 2 aliphatic heterocycles. The number of likely N-dealkylation sites (N-methyl/N-ethyl adjacent to an activating group) is 1. The summed E-state index contributed by atoms with van der Waals surface area (Å²) in [6, 6.07) is 11.6. The Kier molecular flexibility index (Phi) is 4.91. The predicted octanol–water partition coefficient (Wildman–Crippen LogP) is 1.34. The van der Waals surface area contributed by atoms with E-state index in [1.807, 2.05) is 0 Å². The number of β-amino-alcohol motifs (C(OH)–C–C–N with tert-alkyl or cyclic N) is 1. The first-order valence-electron chi connectivity index (χ1n) is 7.96. The van der Waals surface area contributed by atoms with Crippen LogP contribution in [0.3, 0.4) is 0 Å². The zero-order valence-electron chi connectivity index (χ0n) is 12.8. The molecule has 2 heterocycles. The number of hydrogen-bond acceptors (Lipinski definition) is 4. The third-order valence-electron chi connectivity index (χ3n) is 4.68. The molecule has 21 heavy (non-hydrogen) atoms. The highest BCUT2D eigenvalue weighted by atomic mass is 16.5. The third kappa shape index (κ3) is 3.83. The monoisotopic (exact) mass is 290 g/mol. The zero-order valence-corrected chi connectivity index (χ0v) is 12.8. The van der Waals surface area contributed by atoms with Gasteiger partial charge in [-0.05, 0) is 32.0 Å². The van der Waals surface area contributed by atoms with Crippen molar-refractivity contribution in [2.45, 2.75) is 37.6 Å². The molecule has 0 aliphatic carbocycles. The summed E-state index contributed by atoms with van der Waals surface area (Å²) in [6.45, 7) is 4.46. The van der Waals surface area contributed by atoms with Gasteiger partial charge in [0.2, 0.25) is 0 Å². The maximum absolute atomic E-state index is 10.2. The molecule has 4 nitrogen and oxygen atoms in total. The molecule has 0 bridgehead atoms. The SMILES string of the molecule is CN1CC[C@H](N(Cc2ccccc2)C2COC2)C[C@H](O)C1. The molecule has 2 fully saturated rings. The van der Waals surface area contributed by atoms with Crippen LogP contribution in [0.25, 0.3) is 0 Å². The van der Waals surface area contributed by atoms with Gasteiger partial charge in [-0.2, -0.15) is 0 Å². The van der Waals surface area contributed by atoms with Gasteiger partial charge in [0.15, 0.2) is 0 Å². The largest absolute Gasteiger partial charge is 0.392 e. The van der Waals surface area contributed by atoms with E-state index in [9.17, 15) is 5.11 Å². The second-order valence-electron chi connectivity index (χ2n) is 6.44. The molecule has 1 aromatic rings. The van der Waals surface area contributed by atoms with Crippen molar-refractivity contribution in [1.29, 1.82) is 0 Å². The van der Waals surface area contributed by atoms with Crippen molar-refractivity contribution in [3.05, 3.63) is 35.9 Å². The maximum Gasteiger partial charge on any atom is 0.0681 e. The summed E-state index contributed by atoms with van der Waals surface area (Å²) in [5.41, 5.74) is 1.34. The van der Waals surface area contributed by atoms with Crippen molar-refractivity contribution in [2.24, 2.45) is 0 Å². The van der Waals surface area contributed by atoms with Gasteiger partial charge in [-0.3, -0.25) is 4.90 Å². The lowest BCUT2D eigenvalue weighted by atomic mass is 10.0. The second-order valence-corrected chi connectivity index (χ2v) is 6.44. The van der Waals surface area contributed by atoms with Crippen LogP contribution < -0.4 is 0 Å². The maximum atomic E-state index is 10.2. The van der Waals surface area contributed by atoms with Gasteiger partial charge in [-0.15, -0.1) is 0 Å². The van der Waals surface area contributed by atoms with E-state index in [1.165, 1.54) is 5.56 Å². The van der Waals surface area contributed by atoms with Gasteiger partial charge in [0.05, 0.1) is 25.4 Å². The predicted molar refractivity (Wildman–Crippen MR) is 83.1 cm³/mol. The fourth-order valence-electron chi connectivity index (χ4n) is 3.39. The number of rotatable bonds is 4. The van der Waals surface area contributed by atoms with Crippen LogP contribution in [0, 0.1) is 0 Å². The summed E-state index contributed by atoms with van der Waals surface area (Å²) in [5.74, 6) is 0. The smallest absolute Gasteiger partial charge is 0.0681 e. The molecule has 116 valence electrons. The number of aliphatic hydroxyl groups excluding tert-OH is 1. The zero-order chi connectivity index (χ0) is 14.7. The Labute approximate surface area is 127 Å². The van der Waals surface area contributed by atoms with Crippen molar-refractivity contribution < 1.29 is 9.84 Å². The molecule has 0 saturated carbocycles. The van der Waals surface area contributed by atoms with E-state index in [0.717, 1.165) is 45.7 Å². The van der Waals surface area contributed by atoms with Crippen LogP contribution in [0.2, 0.25) is 0 Å². The Morgan fingerprint density at radius 1 is 1.24 bits per heavy atom. The number of ether oxygens (including phenoxy) is 1. The van der Waals surface area contributed by atoms with E-state index in [0.29, 0.717) is 12.1 Å². The number of benzene rings is 1. The quantitative estimate of drug-likeness (QED) is 0.908. The Hall–Kier alpha value is -0.940. The summed E-state index contributed by atoms with van der Waals surface area (Å²) in [5, 5.41) is 10.2. The van der Waals surface area contributed by atoms with Gasteiger partial charge in [-0.1, -0.05) is 30.3 Å². The molecule has 1 aromatic carbocycles. The number of likely N-dealkylation sites (tertiary alicyclic amines) is 1. The molecule has 0 amide bonds. The Morgan fingerprint density at radius 2 is 2.00 bits per heavy atom. The van der Waals surface area contributed by atoms with Crippen molar-refractivity contribution in [3.8, 4) is 0 Å². The van der Waals surface area contributed by atoms with Gasteiger partial charge in [0.25, 0.3) is 0 Å². The van der Waals surface area contributed by atoms with E-state index in [1.54, 1.807) is 0 Å². The van der Waals surface area contributed by atoms with Crippen LogP contribution in [0.15, 0.2) is 30.3 Å². The van der Waals surface area contributed by atoms with Crippen molar-refractivity contribution in [3.63, 3.8) is 0 Å². The van der Waals surface area contributed by atoms with Crippen LogP contribution in [0.5, 0.6) is 0 Å². The van der Waals surface area contributed by atoms with Gasteiger partial charge < -0.3 is 14.7 Å². The van der Waals surface area contributed by atoms with E-state index >= 15 is 0 Å². The fraction of sp³-hybridized carbons (Fsp3) is 0.647. The highest BCUT2D eigenvalue weighted by Gasteiger charge is 2.34. The standard InChI is InChI=1S/C17H26N2O2/c1-18-8-7-15(9-17(20)11-18)19(16-12-21-13-16)10-14-5-3-2-4-6-14/h2-6,15-17,20H,7-13H2,1H3/t15-,17-/m0/s1. The topological polar surface area (TPSA) is 35.9 Å². The highest BCUT2D eigenvalue weighted by molar-refractivity contribution is 5.15. The summed E-state index contributed by atoms with van der Waals surface area (Å²) in [4.78, 5) is 4.80. The fourth-order valence-corrected chi connectivity index (χ4v) is 3.39. The van der Waals surface area contributed by atoms with Crippen LogP contribution in [-0.2, 0) is 11.3 Å². The first kappa shape index (κ1) is 15.0. The Bertz CT molecular complexity index is 436. The molecule has 4 heteroatoms. The Balaban J connectivity index is 1.72. The number of nitrogens with zero attached hydrogens (tertiary/aromatic N) is 2. The summed E-state index contributed by atoms with van der Waals surface area (Å²) >= 11 is 0. The van der Waals surface area contributed by atoms with E-state index in [4.69, 9.17) is 4.74 Å². The third-order valence-corrected chi connectivity index (χ3v) is 4.68. The number of hydrogen-bond donors (Lipinski definition) is 1. The minimum Gasteiger partial charge on any atom is -0.392 e. The average molecular weight is 290 g/mol. The molecule has 0 unspecified atom stereocenters. The highest BCUT2D eigenvalue weighted by Crippen LogP contribution is 2.24. The molecule has 0 radical (unpaired) electrons. The molecular formula is C17H26N2O2. The van der Waals surface area contributed by atoms with E-state index in [2.05, 4.69) is 47.2 Å². The molecule has 1 N–H and O–H groups in total. The second kappa shape index (κ2) is 6.88. The molecule has 3 rings (SSSR count). The summed E-state index contributed by atoms with van der Waals surface area (Å²) in [7, 11) is 2.10. The molecule has 2 aliphatic rings. The van der Waals surface area contributed by atoms with E-state index in [-0.39, 0.29) is 6.10 Å². The van der Waals surface area contributed by atoms with Gasteiger partial charge >= 0.3 is 0 Å². The van der Waals surface area contributed by atoms with Crippen LogP contribution >= 0.6 is 0 Å². The van der Waals surface area contributed by atoms with Crippen LogP contribution in [-0.4, -0.2) is 66.4 Å². The molecular weight excluding hydrogens is 264 g/mol. The van der Waals surface area contributed by atoms with Gasteiger partial charge in [-0.25, -0.2) is 0 Å². The average Bonchev–Trinajstić information content (AvgIpc) is 2.58. The lowest BCUT2D eigenvalue weighted by Crippen LogP contribution is -2.53. The molecule has 0 aromatic heterocycles. The van der Waals surface area contributed by atoms with E-state index < -0.39 is 0 Å². The van der Waals surface area contributed by atoms with Gasteiger partial charge in [0.1, 0.15) is 0 Å². The lowest BCUT2D eigenvalue weighted by Gasteiger charge is -2.42. The van der Waals surface area contributed by atoms with Crippen molar-refractivity contribution in [2.75, 3.05) is 33.4 Å². The van der Waals surface area contributed by atoms with Crippen LogP contribution in [0.1, 0.15) is 18.4 Å². The normalized spacial score (nSPS) is 28.3. The number of aliphatic hydroxyl groups is 1. The minimum absolute atomic E-state index is 0.221. The summed E-state index contributed by atoms with van der Waals surface area (Å²) < 4.78 is 5.41. The summed E-state index contributed by atoms with van der Waals surface area (Å²) in [6.07, 6.45) is 1.77. The van der Waals surface area contributed by atoms with Crippen molar-refractivity contribution in [1.82, 2.24) is 9.80 Å². The molecule has 2 atom stereocenters. The first-order valence-corrected chi connectivity index (χ1v) is 7.96. The Morgan fingerprint density at radius 3 is 2.67 bits per heavy atom. The first-order chi connectivity index (χ1) is 10.2. The molecule has 2 saturated heterocycles.